The Bertz CT molecular complexity index is 1890. The summed E-state index contributed by atoms with van der Waals surface area (Å²) in [6.07, 6.45) is 0.584. The monoisotopic (exact) mass is 683 g/mol. The second kappa shape index (κ2) is 15.0. The molecule has 6 bridgehead atoms. The number of hydrogen-bond donors (Lipinski definition) is 2. The minimum atomic E-state index is -0.691. The lowest BCUT2D eigenvalue weighted by atomic mass is 9.99. The van der Waals surface area contributed by atoms with Crippen molar-refractivity contribution in [2.45, 2.75) is 58.8 Å². The van der Waals surface area contributed by atoms with E-state index >= 15 is 4.39 Å². The molecule has 0 unspecified atom stereocenters. The highest BCUT2D eigenvalue weighted by atomic mass is 19.1. The van der Waals surface area contributed by atoms with Crippen LogP contribution in [0.5, 0.6) is 17.2 Å². The highest BCUT2D eigenvalue weighted by molar-refractivity contribution is 5.96. The van der Waals surface area contributed by atoms with E-state index in [9.17, 15) is 14.4 Å². The minimum absolute atomic E-state index is 0.131. The van der Waals surface area contributed by atoms with E-state index < -0.39 is 23.9 Å². The molecule has 12 heteroatoms. The summed E-state index contributed by atoms with van der Waals surface area (Å²) in [7, 11) is 1.53. The number of carbonyl (C=O) groups is 3. The lowest BCUT2D eigenvalue weighted by Gasteiger charge is -2.39. The van der Waals surface area contributed by atoms with Crippen LogP contribution in [0.15, 0.2) is 66.7 Å². The van der Waals surface area contributed by atoms with Gasteiger partial charge in [0.25, 0.3) is 17.7 Å². The molecule has 4 heterocycles. The summed E-state index contributed by atoms with van der Waals surface area (Å²) in [5.41, 5.74) is 3.18. The number of piperidine rings is 1. The number of fused-ring (bicyclic) bond motifs is 7. The van der Waals surface area contributed by atoms with Gasteiger partial charge in [0, 0.05) is 44.2 Å². The molecule has 3 aliphatic heterocycles. The van der Waals surface area contributed by atoms with E-state index in [2.05, 4.69) is 29.6 Å². The third-order valence-electron chi connectivity index (χ3n) is 8.89. The highest BCUT2D eigenvalue weighted by Crippen LogP contribution is 2.29. The zero-order chi connectivity index (χ0) is 35.4. The van der Waals surface area contributed by atoms with Crippen LogP contribution in [0.2, 0.25) is 0 Å². The van der Waals surface area contributed by atoms with Gasteiger partial charge in [0.1, 0.15) is 34.9 Å². The fourth-order valence-corrected chi connectivity index (χ4v) is 6.36. The van der Waals surface area contributed by atoms with E-state index in [1.54, 1.807) is 52.0 Å². The second-order valence-electron chi connectivity index (χ2n) is 13.0. The van der Waals surface area contributed by atoms with Crippen LogP contribution in [0.4, 0.5) is 4.39 Å². The summed E-state index contributed by atoms with van der Waals surface area (Å²) >= 11 is 0. The van der Waals surface area contributed by atoms with E-state index in [-0.39, 0.29) is 37.1 Å². The van der Waals surface area contributed by atoms with Crippen molar-refractivity contribution >= 4 is 17.7 Å². The number of methoxy groups -OCH3 is 1. The number of aromatic nitrogens is 2. The van der Waals surface area contributed by atoms with Crippen LogP contribution in [0.1, 0.15) is 59.3 Å². The first-order chi connectivity index (χ1) is 24.1. The number of hydrogen-bond acceptors (Lipinski definition) is 7. The third kappa shape index (κ3) is 7.74. The number of nitrogens with zero attached hydrogens (tertiary/aromatic N) is 3. The Labute approximate surface area is 290 Å². The van der Waals surface area contributed by atoms with Crippen LogP contribution >= 0.6 is 0 Å². The molecule has 3 amide bonds. The van der Waals surface area contributed by atoms with Crippen molar-refractivity contribution < 1.29 is 33.0 Å². The van der Waals surface area contributed by atoms with E-state index in [1.807, 2.05) is 19.1 Å². The topological polar surface area (TPSA) is 124 Å². The van der Waals surface area contributed by atoms with Gasteiger partial charge in [-0.15, -0.1) is 0 Å². The molecule has 2 N–H and O–H groups in total. The molecule has 1 saturated heterocycles. The molecular formula is C38H42FN5O6. The number of carbonyl (C=O) groups excluding carboxylic acids is 3. The van der Waals surface area contributed by atoms with Crippen LogP contribution in [0, 0.1) is 11.7 Å². The molecule has 3 aromatic carbocycles. The van der Waals surface area contributed by atoms with Crippen molar-refractivity contribution in [3.05, 3.63) is 95.1 Å². The zero-order valence-corrected chi connectivity index (χ0v) is 28.7. The van der Waals surface area contributed by atoms with Gasteiger partial charge < -0.3 is 29.7 Å². The molecule has 0 radical (unpaired) electrons. The molecule has 2 atom stereocenters. The zero-order valence-electron chi connectivity index (χ0n) is 28.7. The van der Waals surface area contributed by atoms with Crippen molar-refractivity contribution in [3.8, 4) is 28.4 Å². The van der Waals surface area contributed by atoms with Gasteiger partial charge in [-0.05, 0) is 72.9 Å². The Balaban J connectivity index is 1.35. The number of benzene rings is 3. The molecule has 0 saturated carbocycles. The van der Waals surface area contributed by atoms with Crippen LogP contribution in [0.25, 0.3) is 11.1 Å². The number of likely N-dealkylation sites (tertiary alicyclic amines) is 1. The number of nitrogens with one attached hydrogen (secondary N) is 2. The van der Waals surface area contributed by atoms with Crippen molar-refractivity contribution in [1.29, 1.82) is 0 Å². The molecule has 3 aliphatic rings. The molecule has 262 valence electrons. The van der Waals surface area contributed by atoms with Crippen LogP contribution in [-0.4, -0.2) is 71.4 Å². The Hall–Kier alpha value is -5.39. The maximum atomic E-state index is 15.3. The van der Waals surface area contributed by atoms with Crippen molar-refractivity contribution in [2.24, 2.45) is 5.92 Å². The molecule has 50 heavy (non-hydrogen) atoms. The Morgan fingerprint density at radius 1 is 1.06 bits per heavy atom. The highest BCUT2D eigenvalue weighted by Gasteiger charge is 2.36. The van der Waals surface area contributed by atoms with Gasteiger partial charge in [-0.1, -0.05) is 32.0 Å². The Morgan fingerprint density at radius 3 is 2.66 bits per heavy atom. The van der Waals surface area contributed by atoms with E-state index in [0.717, 1.165) is 17.7 Å². The third-order valence-corrected chi connectivity index (χ3v) is 8.89. The van der Waals surface area contributed by atoms with Gasteiger partial charge >= 0.3 is 0 Å². The van der Waals surface area contributed by atoms with Gasteiger partial charge in [0.15, 0.2) is 6.61 Å². The SMILES string of the molecule is CCn1nc(CC(C)C)cc1C(=O)N1CC[C@@H]2Oc3ccc(c(OC)c3)CNC(=O)COc3cccc(c3)-c3ccc(F)c(c3)C(=O)N[C@@H]2C1. The molecule has 7 rings (SSSR count). The van der Waals surface area contributed by atoms with Gasteiger partial charge in [-0.2, -0.15) is 5.10 Å². The Kier molecular flexibility index (Phi) is 10.4. The second-order valence-corrected chi connectivity index (χ2v) is 13.0. The predicted molar refractivity (Wildman–Crippen MR) is 185 cm³/mol. The summed E-state index contributed by atoms with van der Waals surface area (Å²) < 4.78 is 34.8. The van der Waals surface area contributed by atoms with Crippen molar-refractivity contribution in [1.82, 2.24) is 25.3 Å². The predicted octanol–water partition coefficient (Wildman–Crippen LogP) is 5.02. The lowest BCUT2D eigenvalue weighted by molar-refractivity contribution is -0.123. The summed E-state index contributed by atoms with van der Waals surface area (Å²) in [4.78, 5) is 42.2. The van der Waals surface area contributed by atoms with Crippen LogP contribution < -0.4 is 24.8 Å². The maximum absolute atomic E-state index is 15.3. The van der Waals surface area contributed by atoms with E-state index in [0.29, 0.717) is 59.5 Å². The summed E-state index contributed by atoms with van der Waals surface area (Å²) in [5, 5.41) is 10.5. The maximum Gasteiger partial charge on any atom is 0.272 e. The lowest BCUT2D eigenvalue weighted by Crippen LogP contribution is -2.58. The van der Waals surface area contributed by atoms with Crippen molar-refractivity contribution in [2.75, 3.05) is 26.8 Å². The number of rotatable bonds is 5. The summed E-state index contributed by atoms with van der Waals surface area (Å²) in [6, 6.07) is 17.8. The molecule has 1 aromatic heterocycles. The first-order valence-corrected chi connectivity index (χ1v) is 16.9. The molecule has 11 nitrogen and oxygen atoms in total. The fourth-order valence-electron chi connectivity index (χ4n) is 6.36. The Morgan fingerprint density at radius 2 is 1.88 bits per heavy atom. The normalized spacial score (nSPS) is 18.0. The van der Waals surface area contributed by atoms with E-state index in [4.69, 9.17) is 14.2 Å². The average molecular weight is 684 g/mol. The molecular weight excluding hydrogens is 641 g/mol. The first kappa shape index (κ1) is 34.5. The standard InChI is InChI=1S/C38H42FN5O6/c1-5-44-33(18-27(42-44)15-23(2)3)38(47)43-14-13-34-32(21-43)41-37(46)30-17-25(10-12-31(30)39)24-7-6-8-28(16-24)49-22-36(45)40-20-26-9-11-29(50-34)19-35(26)48-4/h6-12,16-19,23,32,34H,5,13-15,20-22H2,1-4H3,(H,40,45)(H,41,46)/t32-,34+/m1/s1. The number of halogens is 1. The number of amides is 3. The van der Waals surface area contributed by atoms with Crippen LogP contribution in [0.3, 0.4) is 0 Å². The number of ether oxygens (including phenoxy) is 3. The average Bonchev–Trinajstić information content (AvgIpc) is 3.52. The quantitative estimate of drug-likeness (QED) is 0.303. The first-order valence-electron chi connectivity index (χ1n) is 16.9. The number of aryl methyl sites for hydroxylation is 1. The van der Waals surface area contributed by atoms with Gasteiger partial charge in [0.05, 0.1) is 24.4 Å². The largest absolute Gasteiger partial charge is 0.496 e. The summed E-state index contributed by atoms with van der Waals surface area (Å²) in [6.45, 7) is 7.17. The van der Waals surface area contributed by atoms with Gasteiger partial charge in [-0.25, -0.2) is 4.39 Å². The van der Waals surface area contributed by atoms with Crippen LogP contribution in [-0.2, 0) is 24.3 Å². The van der Waals surface area contributed by atoms with Gasteiger partial charge in [0.2, 0.25) is 0 Å². The van der Waals surface area contributed by atoms with E-state index in [1.165, 1.54) is 19.2 Å². The molecule has 4 aromatic rings. The smallest absolute Gasteiger partial charge is 0.272 e. The molecule has 0 spiro atoms. The minimum Gasteiger partial charge on any atom is -0.496 e. The van der Waals surface area contributed by atoms with Gasteiger partial charge in [-0.3, -0.25) is 19.1 Å². The summed E-state index contributed by atoms with van der Waals surface area (Å²) in [5.74, 6) is -0.0465. The fraction of sp³-hybridized carbons (Fsp3) is 0.368. The molecule has 0 aliphatic carbocycles. The molecule has 1 fully saturated rings. The van der Waals surface area contributed by atoms with Crippen molar-refractivity contribution in [3.63, 3.8) is 0 Å².